The van der Waals surface area contributed by atoms with E-state index in [0.717, 1.165) is 31.7 Å². The van der Waals surface area contributed by atoms with Crippen molar-refractivity contribution in [1.82, 2.24) is 4.90 Å². The number of likely N-dealkylation sites (N-methyl/N-ethyl adjacent to an activating group) is 1. The molecule has 1 aliphatic heterocycles. The zero-order valence-corrected chi connectivity index (χ0v) is 11.8. The van der Waals surface area contributed by atoms with Crippen LogP contribution in [0.5, 0.6) is 0 Å². The van der Waals surface area contributed by atoms with Gasteiger partial charge in [-0.1, -0.05) is 6.92 Å². The van der Waals surface area contributed by atoms with Crippen LogP contribution in [0, 0.1) is 10.1 Å². The molecule has 0 amide bonds. The number of nitro benzene ring substituents is 1. The molecular formula is C14H19N3O3. The smallest absolute Gasteiger partial charge is 0.280 e. The molecule has 6 nitrogen and oxygen atoms in total. The van der Waals surface area contributed by atoms with Crippen molar-refractivity contribution in [2.45, 2.75) is 19.4 Å². The van der Waals surface area contributed by atoms with Crippen LogP contribution in [-0.2, 0) is 0 Å². The molecule has 1 aliphatic rings. The highest BCUT2D eigenvalue weighted by atomic mass is 16.6. The lowest BCUT2D eigenvalue weighted by Crippen LogP contribution is -2.51. The van der Waals surface area contributed by atoms with Gasteiger partial charge in [0.25, 0.3) is 5.69 Å². The highest BCUT2D eigenvalue weighted by Gasteiger charge is 2.24. The van der Waals surface area contributed by atoms with Crippen LogP contribution in [0.3, 0.4) is 0 Å². The van der Waals surface area contributed by atoms with Gasteiger partial charge in [-0.25, -0.2) is 0 Å². The lowest BCUT2D eigenvalue weighted by molar-refractivity contribution is -0.385. The SMILES string of the molecule is CCC1CN(c2ccc([N+](=O)[O-])c(C=O)c2)CCN1C. The summed E-state index contributed by atoms with van der Waals surface area (Å²) in [6.07, 6.45) is 1.61. The standard InChI is InChI=1S/C14H19N3O3/c1-3-12-9-16(7-6-15(12)2)13-4-5-14(17(19)20)11(8-13)10-18/h4-5,8,10,12H,3,6-7,9H2,1-2H3. The van der Waals surface area contributed by atoms with Gasteiger partial charge >= 0.3 is 0 Å². The van der Waals surface area contributed by atoms with Gasteiger partial charge in [0, 0.05) is 37.4 Å². The molecule has 1 saturated heterocycles. The Kier molecular flexibility index (Phi) is 4.34. The van der Waals surface area contributed by atoms with E-state index >= 15 is 0 Å². The third-order valence-electron chi connectivity index (χ3n) is 3.95. The van der Waals surface area contributed by atoms with E-state index in [0.29, 0.717) is 12.3 Å². The van der Waals surface area contributed by atoms with Crippen LogP contribution < -0.4 is 4.90 Å². The summed E-state index contributed by atoms with van der Waals surface area (Å²) in [6.45, 7) is 4.84. The fourth-order valence-electron chi connectivity index (χ4n) is 2.62. The van der Waals surface area contributed by atoms with Crippen LogP contribution in [0.2, 0.25) is 0 Å². The zero-order valence-electron chi connectivity index (χ0n) is 11.8. The molecule has 0 aromatic heterocycles. The number of nitrogens with zero attached hydrogens (tertiary/aromatic N) is 3. The number of hydrogen-bond acceptors (Lipinski definition) is 5. The van der Waals surface area contributed by atoms with Crippen LogP contribution in [0.1, 0.15) is 23.7 Å². The summed E-state index contributed by atoms with van der Waals surface area (Å²) in [6, 6.07) is 5.23. The molecule has 1 fully saturated rings. The van der Waals surface area contributed by atoms with Crippen molar-refractivity contribution in [3.05, 3.63) is 33.9 Å². The first-order chi connectivity index (χ1) is 9.56. The van der Waals surface area contributed by atoms with E-state index in [4.69, 9.17) is 0 Å². The first-order valence-electron chi connectivity index (χ1n) is 6.75. The van der Waals surface area contributed by atoms with Crippen molar-refractivity contribution in [2.24, 2.45) is 0 Å². The van der Waals surface area contributed by atoms with Gasteiger partial charge in [-0.05, 0) is 25.6 Å². The number of piperazine rings is 1. The van der Waals surface area contributed by atoms with Gasteiger partial charge in [0.05, 0.1) is 10.5 Å². The number of carbonyl (C=O) groups is 1. The molecule has 0 N–H and O–H groups in total. The van der Waals surface area contributed by atoms with Crippen molar-refractivity contribution >= 4 is 17.7 Å². The Morgan fingerprint density at radius 1 is 1.45 bits per heavy atom. The van der Waals surface area contributed by atoms with E-state index in [1.165, 1.54) is 6.07 Å². The lowest BCUT2D eigenvalue weighted by atomic mass is 10.1. The molecule has 20 heavy (non-hydrogen) atoms. The summed E-state index contributed by atoms with van der Waals surface area (Å²) in [5.74, 6) is 0. The summed E-state index contributed by atoms with van der Waals surface area (Å²) < 4.78 is 0. The average molecular weight is 277 g/mol. The summed E-state index contributed by atoms with van der Waals surface area (Å²) in [7, 11) is 2.11. The highest BCUT2D eigenvalue weighted by molar-refractivity contribution is 5.83. The molecule has 0 radical (unpaired) electrons. The van der Waals surface area contributed by atoms with Crippen LogP contribution in [0.15, 0.2) is 18.2 Å². The minimum absolute atomic E-state index is 0.134. The molecule has 1 atom stereocenters. The number of benzene rings is 1. The maximum Gasteiger partial charge on any atom is 0.280 e. The van der Waals surface area contributed by atoms with Crippen molar-refractivity contribution in [3.63, 3.8) is 0 Å². The molecule has 2 rings (SSSR count). The summed E-state index contributed by atoms with van der Waals surface area (Å²) in [4.78, 5) is 25.8. The Hall–Kier alpha value is -1.95. The number of anilines is 1. The van der Waals surface area contributed by atoms with E-state index in [9.17, 15) is 14.9 Å². The second-order valence-corrected chi connectivity index (χ2v) is 5.11. The fraction of sp³-hybridized carbons (Fsp3) is 0.500. The molecular weight excluding hydrogens is 258 g/mol. The molecule has 6 heteroatoms. The third-order valence-corrected chi connectivity index (χ3v) is 3.95. The topological polar surface area (TPSA) is 66.7 Å². The van der Waals surface area contributed by atoms with Crippen molar-refractivity contribution in [1.29, 1.82) is 0 Å². The molecule has 0 saturated carbocycles. The molecule has 0 aliphatic carbocycles. The normalized spacial score (nSPS) is 19.9. The maximum atomic E-state index is 11.0. The molecule has 1 aromatic rings. The second-order valence-electron chi connectivity index (χ2n) is 5.11. The highest BCUT2D eigenvalue weighted by Crippen LogP contribution is 2.25. The Morgan fingerprint density at radius 2 is 2.20 bits per heavy atom. The maximum absolute atomic E-state index is 11.0. The van der Waals surface area contributed by atoms with E-state index in [2.05, 4.69) is 23.8 Å². The van der Waals surface area contributed by atoms with Gasteiger partial charge in [0.1, 0.15) is 0 Å². The predicted molar refractivity (Wildman–Crippen MR) is 77.4 cm³/mol. The number of aldehydes is 1. The molecule has 0 spiro atoms. The second kappa shape index (κ2) is 6.00. The average Bonchev–Trinajstić information content (AvgIpc) is 2.46. The van der Waals surface area contributed by atoms with E-state index < -0.39 is 4.92 Å². The van der Waals surface area contributed by atoms with Gasteiger partial charge in [0.15, 0.2) is 6.29 Å². The fourth-order valence-corrected chi connectivity index (χ4v) is 2.62. The van der Waals surface area contributed by atoms with Gasteiger partial charge in [0.2, 0.25) is 0 Å². The van der Waals surface area contributed by atoms with Gasteiger partial charge < -0.3 is 4.90 Å². The number of rotatable bonds is 4. The van der Waals surface area contributed by atoms with Crippen LogP contribution in [0.4, 0.5) is 11.4 Å². The van der Waals surface area contributed by atoms with E-state index in [1.807, 2.05) is 0 Å². The Balaban J connectivity index is 2.25. The third kappa shape index (κ3) is 2.80. The predicted octanol–water partition coefficient (Wildman–Crippen LogP) is 1.94. The van der Waals surface area contributed by atoms with Crippen LogP contribution >= 0.6 is 0 Å². The zero-order chi connectivity index (χ0) is 14.7. The van der Waals surface area contributed by atoms with Crippen molar-refractivity contribution < 1.29 is 9.72 Å². The number of hydrogen-bond donors (Lipinski definition) is 0. The summed E-state index contributed by atoms with van der Waals surface area (Å²) in [5, 5.41) is 10.8. The molecule has 1 heterocycles. The Labute approximate surface area is 118 Å². The summed E-state index contributed by atoms with van der Waals surface area (Å²) in [5.41, 5.74) is 0.883. The quantitative estimate of drug-likeness (QED) is 0.478. The summed E-state index contributed by atoms with van der Waals surface area (Å²) >= 11 is 0. The molecule has 1 aromatic carbocycles. The van der Waals surface area contributed by atoms with Crippen LogP contribution in [-0.4, -0.2) is 48.8 Å². The van der Waals surface area contributed by atoms with Crippen LogP contribution in [0.25, 0.3) is 0 Å². The van der Waals surface area contributed by atoms with E-state index in [-0.39, 0.29) is 11.3 Å². The molecule has 108 valence electrons. The van der Waals surface area contributed by atoms with Gasteiger partial charge in [-0.3, -0.25) is 19.8 Å². The minimum atomic E-state index is -0.521. The molecule has 1 unspecified atom stereocenters. The van der Waals surface area contributed by atoms with Gasteiger partial charge in [-0.2, -0.15) is 0 Å². The van der Waals surface area contributed by atoms with Crippen molar-refractivity contribution in [2.75, 3.05) is 31.6 Å². The number of nitro groups is 1. The van der Waals surface area contributed by atoms with E-state index in [1.54, 1.807) is 12.1 Å². The first kappa shape index (κ1) is 14.5. The minimum Gasteiger partial charge on any atom is -0.369 e. The largest absolute Gasteiger partial charge is 0.369 e. The monoisotopic (exact) mass is 277 g/mol. The Bertz CT molecular complexity index is 518. The first-order valence-corrected chi connectivity index (χ1v) is 6.75. The Morgan fingerprint density at radius 3 is 2.80 bits per heavy atom. The van der Waals surface area contributed by atoms with Gasteiger partial charge in [-0.15, -0.1) is 0 Å². The molecule has 0 bridgehead atoms. The van der Waals surface area contributed by atoms with Crippen molar-refractivity contribution in [3.8, 4) is 0 Å². The number of carbonyl (C=O) groups excluding carboxylic acids is 1. The lowest BCUT2D eigenvalue weighted by Gasteiger charge is -2.40.